The summed E-state index contributed by atoms with van der Waals surface area (Å²) in [6, 6.07) is 9.55. The Morgan fingerprint density at radius 2 is 1.94 bits per heavy atom. The zero-order chi connectivity index (χ0) is 13.0. The molecule has 0 unspecified atom stereocenters. The minimum Gasteiger partial charge on any atom is -0.398 e. The molecule has 94 valence electrons. The van der Waals surface area contributed by atoms with Crippen LogP contribution in [0.15, 0.2) is 35.7 Å². The summed E-state index contributed by atoms with van der Waals surface area (Å²) >= 11 is 1.63. The van der Waals surface area contributed by atoms with Gasteiger partial charge < -0.3 is 16.8 Å². The predicted octanol–water partition coefficient (Wildman–Crippen LogP) is 1.97. The second-order valence-corrected chi connectivity index (χ2v) is 4.99. The summed E-state index contributed by atoms with van der Waals surface area (Å²) in [7, 11) is 0. The number of nitrogens with two attached hydrogens (primary N) is 2. The number of anilines is 2. The third-order valence-electron chi connectivity index (χ3n) is 2.57. The molecular weight excluding hydrogens is 246 g/mol. The van der Waals surface area contributed by atoms with Gasteiger partial charge in [-0.3, -0.25) is 4.79 Å². The first-order valence-electron chi connectivity index (χ1n) is 5.58. The van der Waals surface area contributed by atoms with Gasteiger partial charge in [-0.05, 0) is 29.1 Å². The number of rotatable bonds is 5. The zero-order valence-corrected chi connectivity index (χ0v) is 10.7. The third-order valence-corrected chi connectivity index (χ3v) is 3.50. The van der Waals surface area contributed by atoms with Crippen LogP contribution < -0.4 is 16.8 Å². The van der Waals surface area contributed by atoms with Gasteiger partial charge >= 0.3 is 0 Å². The predicted molar refractivity (Wildman–Crippen MR) is 75.4 cm³/mol. The lowest BCUT2D eigenvalue weighted by atomic mass is 10.1. The Hall–Kier alpha value is -2.01. The molecule has 0 aliphatic carbocycles. The second kappa shape index (κ2) is 5.55. The first-order chi connectivity index (χ1) is 8.65. The lowest BCUT2D eigenvalue weighted by Crippen LogP contribution is -2.13. The maximum atomic E-state index is 10.8. The fourth-order valence-corrected chi connectivity index (χ4v) is 2.36. The highest BCUT2D eigenvalue weighted by molar-refractivity contribution is 7.10. The average molecular weight is 261 g/mol. The summed E-state index contributed by atoms with van der Waals surface area (Å²) in [5, 5.41) is 5.26. The van der Waals surface area contributed by atoms with E-state index in [-0.39, 0.29) is 12.3 Å². The van der Waals surface area contributed by atoms with E-state index in [2.05, 4.69) is 5.32 Å². The Balaban J connectivity index is 1.94. The normalized spacial score (nSPS) is 10.2. The van der Waals surface area contributed by atoms with E-state index in [1.807, 2.05) is 35.7 Å². The zero-order valence-electron chi connectivity index (χ0n) is 9.85. The first-order valence-corrected chi connectivity index (χ1v) is 6.46. The minimum atomic E-state index is -0.318. The smallest absolute Gasteiger partial charge is 0.221 e. The van der Waals surface area contributed by atoms with E-state index in [1.165, 1.54) is 0 Å². The molecule has 0 radical (unpaired) electrons. The van der Waals surface area contributed by atoms with Gasteiger partial charge in [0.2, 0.25) is 5.91 Å². The van der Waals surface area contributed by atoms with Gasteiger partial charge in [0, 0.05) is 16.3 Å². The highest BCUT2D eigenvalue weighted by Crippen LogP contribution is 2.20. The van der Waals surface area contributed by atoms with Crippen molar-refractivity contribution in [1.82, 2.24) is 0 Å². The quantitative estimate of drug-likeness (QED) is 0.769. The highest BCUT2D eigenvalue weighted by atomic mass is 32.1. The number of nitrogen functional groups attached to an aromatic ring is 1. The Morgan fingerprint density at radius 3 is 2.50 bits per heavy atom. The Labute approximate surface area is 110 Å². The average Bonchev–Trinajstić information content (AvgIpc) is 2.73. The topological polar surface area (TPSA) is 81.1 Å². The fourth-order valence-electron chi connectivity index (χ4n) is 1.62. The van der Waals surface area contributed by atoms with Crippen LogP contribution >= 0.6 is 11.3 Å². The Bertz CT molecular complexity index is 533. The lowest BCUT2D eigenvalue weighted by Gasteiger charge is -2.06. The van der Waals surface area contributed by atoms with Crippen LogP contribution in [0.3, 0.4) is 0 Å². The van der Waals surface area contributed by atoms with E-state index >= 15 is 0 Å². The summed E-state index contributed by atoms with van der Waals surface area (Å²) in [5.74, 6) is -0.318. The van der Waals surface area contributed by atoms with Gasteiger partial charge in [0.25, 0.3) is 0 Å². The van der Waals surface area contributed by atoms with Gasteiger partial charge in [0.05, 0.1) is 13.0 Å². The summed E-state index contributed by atoms with van der Waals surface area (Å²) in [6.45, 7) is 0.707. The molecule has 5 heteroatoms. The number of primary amides is 1. The molecule has 0 fully saturated rings. The minimum absolute atomic E-state index is 0.276. The SMILES string of the molecule is NC(=O)Cc1ccc(NCc2sccc2N)cc1. The van der Waals surface area contributed by atoms with Gasteiger partial charge in [0.15, 0.2) is 0 Å². The van der Waals surface area contributed by atoms with Crippen molar-refractivity contribution in [2.24, 2.45) is 5.73 Å². The number of hydrogen-bond donors (Lipinski definition) is 3. The molecule has 0 saturated heterocycles. The highest BCUT2D eigenvalue weighted by Gasteiger charge is 2.01. The van der Waals surface area contributed by atoms with E-state index < -0.39 is 0 Å². The Kier molecular flexibility index (Phi) is 3.84. The molecule has 1 aromatic heterocycles. The number of hydrogen-bond acceptors (Lipinski definition) is 4. The molecule has 1 heterocycles. The molecule has 0 atom stereocenters. The number of thiophene rings is 1. The van der Waals surface area contributed by atoms with Crippen molar-refractivity contribution in [1.29, 1.82) is 0 Å². The van der Waals surface area contributed by atoms with E-state index in [0.29, 0.717) is 6.54 Å². The number of benzene rings is 1. The van der Waals surface area contributed by atoms with Crippen molar-refractivity contribution in [3.63, 3.8) is 0 Å². The Morgan fingerprint density at radius 1 is 1.22 bits per heavy atom. The summed E-state index contributed by atoms with van der Waals surface area (Å²) in [6.07, 6.45) is 0.276. The number of amides is 1. The van der Waals surface area contributed by atoms with Crippen molar-refractivity contribution in [2.75, 3.05) is 11.1 Å². The number of carbonyl (C=O) groups is 1. The summed E-state index contributed by atoms with van der Waals surface area (Å²) in [4.78, 5) is 11.9. The van der Waals surface area contributed by atoms with E-state index in [1.54, 1.807) is 11.3 Å². The van der Waals surface area contributed by atoms with Crippen molar-refractivity contribution in [3.05, 3.63) is 46.2 Å². The van der Waals surface area contributed by atoms with Crippen molar-refractivity contribution < 1.29 is 4.79 Å². The molecule has 0 bridgehead atoms. The van der Waals surface area contributed by atoms with Crippen LogP contribution in [-0.2, 0) is 17.8 Å². The van der Waals surface area contributed by atoms with Crippen molar-refractivity contribution in [2.45, 2.75) is 13.0 Å². The number of nitrogens with one attached hydrogen (secondary N) is 1. The maximum absolute atomic E-state index is 10.8. The van der Waals surface area contributed by atoms with E-state index in [9.17, 15) is 4.79 Å². The maximum Gasteiger partial charge on any atom is 0.221 e. The first kappa shape index (κ1) is 12.4. The van der Waals surface area contributed by atoms with E-state index in [0.717, 1.165) is 21.8 Å². The molecule has 0 aliphatic heterocycles. The monoisotopic (exact) mass is 261 g/mol. The molecule has 4 nitrogen and oxygen atoms in total. The molecular formula is C13H15N3OS. The molecule has 1 amide bonds. The molecule has 1 aromatic carbocycles. The van der Waals surface area contributed by atoms with Crippen LogP contribution in [0.1, 0.15) is 10.4 Å². The van der Waals surface area contributed by atoms with Crippen LogP contribution in [0.5, 0.6) is 0 Å². The molecule has 0 aliphatic rings. The van der Waals surface area contributed by atoms with Crippen LogP contribution in [0.4, 0.5) is 11.4 Å². The second-order valence-electron chi connectivity index (χ2n) is 3.99. The lowest BCUT2D eigenvalue weighted by molar-refractivity contribution is -0.117. The van der Waals surface area contributed by atoms with Crippen LogP contribution in [0.2, 0.25) is 0 Å². The fraction of sp³-hybridized carbons (Fsp3) is 0.154. The van der Waals surface area contributed by atoms with Crippen LogP contribution in [0, 0.1) is 0 Å². The largest absolute Gasteiger partial charge is 0.398 e. The number of carbonyl (C=O) groups excluding carboxylic acids is 1. The standard InChI is InChI=1S/C13H15N3OS/c14-11-5-6-18-12(11)8-16-10-3-1-9(2-4-10)7-13(15)17/h1-6,16H,7-8,14H2,(H2,15,17). The van der Waals surface area contributed by atoms with Gasteiger partial charge in [0.1, 0.15) is 0 Å². The molecule has 2 rings (SSSR count). The van der Waals surface area contributed by atoms with Crippen molar-refractivity contribution in [3.8, 4) is 0 Å². The molecule has 5 N–H and O–H groups in total. The van der Waals surface area contributed by atoms with Crippen LogP contribution in [-0.4, -0.2) is 5.91 Å². The van der Waals surface area contributed by atoms with E-state index in [4.69, 9.17) is 11.5 Å². The van der Waals surface area contributed by atoms with Gasteiger partial charge in [-0.15, -0.1) is 11.3 Å². The summed E-state index contributed by atoms with van der Waals surface area (Å²) < 4.78 is 0. The van der Waals surface area contributed by atoms with Gasteiger partial charge in [-0.25, -0.2) is 0 Å². The third kappa shape index (κ3) is 3.24. The molecule has 0 saturated carbocycles. The van der Waals surface area contributed by atoms with Crippen LogP contribution in [0.25, 0.3) is 0 Å². The van der Waals surface area contributed by atoms with Gasteiger partial charge in [-0.1, -0.05) is 12.1 Å². The molecule has 2 aromatic rings. The molecule has 0 spiro atoms. The van der Waals surface area contributed by atoms with Crippen molar-refractivity contribution >= 4 is 28.6 Å². The van der Waals surface area contributed by atoms with Gasteiger partial charge in [-0.2, -0.15) is 0 Å². The molecule has 18 heavy (non-hydrogen) atoms. The summed E-state index contributed by atoms with van der Waals surface area (Å²) in [5.41, 5.74) is 13.7.